The zero-order valence-electron chi connectivity index (χ0n) is 13.7. The van der Waals surface area contributed by atoms with E-state index in [4.69, 9.17) is 0 Å². The molecule has 126 valence electrons. The summed E-state index contributed by atoms with van der Waals surface area (Å²) in [5.41, 5.74) is 1.67. The number of amides is 3. The summed E-state index contributed by atoms with van der Waals surface area (Å²) >= 11 is 0. The first kappa shape index (κ1) is 17.5. The number of likely N-dealkylation sites (N-methyl/N-ethyl adjacent to an activating group) is 1. The molecule has 7 nitrogen and oxygen atoms in total. The largest absolute Gasteiger partial charge is 0.339 e. The fourth-order valence-corrected chi connectivity index (χ4v) is 2.71. The van der Waals surface area contributed by atoms with Crippen molar-refractivity contribution in [1.29, 1.82) is 5.26 Å². The monoisotopic (exact) mass is 328 g/mol. The lowest BCUT2D eigenvalue weighted by Crippen LogP contribution is -2.41. The standard InChI is InChI=1S/C17H20N4O3/c1-12-5-3-4-6-15(12)19-17(24)13-7-14(8-18)21(9-13)16(23)10-20(2)11-22/h3-6,11,13-14H,7,9-10H2,1-2H3,(H,19,24). The van der Waals surface area contributed by atoms with Crippen LogP contribution in [0.2, 0.25) is 0 Å². The van der Waals surface area contributed by atoms with Gasteiger partial charge in [0.15, 0.2) is 0 Å². The molecule has 0 bridgehead atoms. The first-order chi connectivity index (χ1) is 11.5. The molecule has 1 aromatic carbocycles. The van der Waals surface area contributed by atoms with Gasteiger partial charge in [-0.05, 0) is 25.0 Å². The van der Waals surface area contributed by atoms with Crippen molar-refractivity contribution in [3.05, 3.63) is 29.8 Å². The van der Waals surface area contributed by atoms with Crippen molar-refractivity contribution < 1.29 is 14.4 Å². The highest BCUT2D eigenvalue weighted by Gasteiger charge is 2.38. The molecule has 0 radical (unpaired) electrons. The van der Waals surface area contributed by atoms with Crippen LogP contribution in [-0.4, -0.2) is 54.2 Å². The van der Waals surface area contributed by atoms with Crippen LogP contribution in [0.3, 0.4) is 0 Å². The molecule has 7 heteroatoms. The number of nitrogens with one attached hydrogen (secondary N) is 1. The van der Waals surface area contributed by atoms with Crippen LogP contribution in [0.5, 0.6) is 0 Å². The van der Waals surface area contributed by atoms with Crippen molar-refractivity contribution in [2.45, 2.75) is 19.4 Å². The van der Waals surface area contributed by atoms with Crippen molar-refractivity contribution >= 4 is 23.9 Å². The lowest BCUT2D eigenvalue weighted by atomic mass is 10.0. The Bertz CT molecular complexity index is 683. The van der Waals surface area contributed by atoms with Crippen LogP contribution >= 0.6 is 0 Å². The van der Waals surface area contributed by atoms with Gasteiger partial charge in [0.2, 0.25) is 18.2 Å². The Labute approximate surface area is 140 Å². The molecule has 1 aromatic rings. The molecule has 1 aliphatic heterocycles. The number of hydrogen-bond donors (Lipinski definition) is 1. The van der Waals surface area contributed by atoms with Gasteiger partial charge in [0.05, 0.1) is 18.5 Å². The molecular weight excluding hydrogens is 308 g/mol. The quantitative estimate of drug-likeness (QED) is 0.808. The van der Waals surface area contributed by atoms with E-state index in [-0.39, 0.29) is 24.9 Å². The van der Waals surface area contributed by atoms with Crippen LogP contribution in [0, 0.1) is 24.2 Å². The fourth-order valence-electron chi connectivity index (χ4n) is 2.71. The number of nitrogens with zero attached hydrogens (tertiary/aromatic N) is 3. The van der Waals surface area contributed by atoms with Crippen LogP contribution in [0.4, 0.5) is 5.69 Å². The highest BCUT2D eigenvalue weighted by atomic mass is 16.2. The minimum Gasteiger partial charge on any atom is -0.339 e. The number of carbonyl (C=O) groups excluding carboxylic acids is 3. The second kappa shape index (κ2) is 7.59. The molecule has 0 aliphatic carbocycles. The number of anilines is 1. The van der Waals surface area contributed by atoms with Gasteiger partial charge in [-0.1, -0.05) is 18.2 Å². The Morgan fingerprint density at radius 1 is 1.46 bits per heavy atom. The molecule has 0 spiro atoms. The van der Waals surface area contributed by atoms with E-state index in [9.17, 15) is 19.6 Å². The summed E-state index contributed by atoms with van der Waals surface area (Å²) in [6.07, 6.45) is 0.850. The van der Waals surface area contributed by atoms with E-state index >= 15 is 0 Å². The topological polar surface area (TPSA) is 93.5 Å². The fraction of sp³-hybridized carbons (Fsp3) is 0.412. The summed E-state index contributed by atoms with van der Waals surface area (Å²) in [7, 11) is 1.49. The van der Waals surface area contributed by atoms with Gasteiger partial charge in [0.1, 0.15) is 6.04 Å². The third kappa shape index (κ3) is 3.90. The third-order valence-corrected chi connectivity index (χ3v) is 4.11. The van der Waals surface area contributed by atoms with E-state index in [1.54, 1.807) is 0 Å². The van der Waals surface area contributed by atoms with Crippen molar-refractivity contribution in [2.24, 2.45) is 5.92 Å². The summed E-state index contributed by atoms with van der Waals surface area (Å²) in [6.45, 7) is 1.97. The zero-order chi connectivity index (χ0) is 17.7. The Morgan fingerprint density at radius 3 is 2.79 bits per heavy atom. The van der Waals surface area contributed by atoms with Gasteiger partial charge in [-0.25, -0.2) is 0 Å². The normalized spacial score (nSPS) is 19.5. The molecule has 1 saturated heterocycles. The van der Waals surface area contributed by atoms with E-state index < -0.39 is 12.0 Å². The molecule has 24 heavy (non-hydrogen) atoms. The number of para-hydroxylation sites is 1. The van der Waals surface area contributed by atoms with Crippen LogP contribution in [0.1, 0.15) is 12.0 Å². The second-order valence-corrected chi connectivity index (χ2v) is 5.95. The van der Waals surface area contributed by atoms with Gasteiger partial charge in [-0.15, -0.1) is 0 Å². The first-order valence-corrected chi connectivity index (χ1v) is 7.67. The van der Waals surface area contributed by atoms with E-state index in [0.29, 0.717) is 12.8 Å². The average Bonchev–Trinajstić information content (AvgIpc) is 3.01. The number of rotatable bonds is 5. The number of likely N-dealkylation sites (tertiary alicyclic amines) is 1. The molecule has 1 N–H and O–H groups in total. The van der Waals surface area contributed by atoms with Gasteiger partial charge in [0.25, 0.3) is 0 Å². The Morgan fingerprint density at radius 2 is 2.17 bits per heavy atom. The zero-order valence-corrected chi connectivity index (χ0v) is 13.7. The molecule has 1 heterocycles. The SMILES string of the molecule is Cc1ccccc1NC(=O)C1CC(C#N)N(C(=O)CN(C)C=O)C1. The number of carbonyl (C=O) groups is 3. The van der Waals surface area contributed by atoms with Crippen molar-refractivity contribution in [1.82, 2.24) is 9.80 Å². The number of hydrogen-bond acceptors (Lipinski definition) is 4. The smallest absolute Gasteiger partial charge is 0.243 e. The lowest BCUT2D eigenvalue weighted by molar-refractivity contribution is -0.135. The second-order valence-electron chi connectivity index (χ2n) is 5.95. The highest BCUT2D eigenvalue weighted by Crippen LogP contribution is 2.25. The minimum absolute atomic E-state index is 0.103. The molecule has 3 amide bonds. The molecule has 2 unspecified atom stereocenters. The molecule has 0 aromatic heterocycles. The van der Waals surface area contributed by atoms with Crippen molar-refractivity contribution in [3.63, 3.8) is 0 Å². The van der Waals surface area contributed by atoms with Gasteiger partial charge in [-0.3, -0.25) is 14.4 Å². The van der Waals surface area contributed by atoms with Gasteiger partial charge < -0.3 is 15.1 Å². The molecular formula is C17H20N4O3. The number of nitriles is 1. The van der Waals surface area contributed by atoms with Crippen LogP contribution < -0.4 is 5.32 Å². The van der Waals surface area contributed by atoms with Crippen molar-refractivity contribution in [2.75, 3.05) is 25.5 Å². The van der Waals surface area contributed by atoms with E-state index in [1.165, 1.54) is 16.8 Å². The molecule has 2 atom stereocenters. The maximum absolute atomic E-state index is 12.4. The van der Waals surface area contributed by atoms with Crippen LogP contribution in [0.25, 0.3) is 0 Å². The Kier molecular flexibility index (Phi) is 5.53. The Hall–Kier alpha value is -2.88. The van der Waals surface area contributed by atoms with Crippen molar-refractivity contribution in [3.8, 4) is 6.07 Å². The maximum Gasteiger partial charge on any atom is 0.243 e. The van der Waals surface area contributed by atoms with Crippen LogP contribution in [-0.2, 0) is 14.4 Å². The molecule has 1 aliphatic rings. The molecule has 2 rings (SSSR count). The van der Waals surface area contributed by atoms with Gasteiger partial charge in [-0.2, -0.15) is 5.26 Å². The highest BCUT2D eigenvalue weighted by molar-refractivity contribution is 5.94. The molecule has 0 saturated carbocycles. The van der Waals surface area contributed by atoms with E-state index in [2.05, 4.69) is 11.4 Å². The Balaban J connectivity index is 2.04. The minimum atomic E-state index is -0.648. The number of aryl methyl sites for hydroxylation is 1. The summed E-state index contributed by atoms with van der Waals surface area (Å²) in [5, 5.41) is 12.1. The lowest BCUT2D eigenvalue weighted by Gasteiger charge is -2.21. The summed E-state index contributed by atoms with van der Waals surface area (Å²) < 4.78 is 0. The predicted molar refractivity (Wildman–Crippen MR) is 87.7 cm³/mol. The average molecular weight is 328 g/mol. The number of benzene rings is 1. The van der Waals surface area contributed by atoms with E-state index in [0.717, 1.165) is 11.3 Å². The third-order valence-electron chi connectivity index (χ3n) is 4.11. The summed E-state index contributed by atoms with van der Waals surface area (Å²) in [6, 6.07) is 8.84. The van der Waals surface area contributed by atoms with Gasteiger partial charge in [0, 0.05) is 19.3 Å². The maximum atomic E-state index is 12.4. The van der Waals surface area contributed by atoms with Crippen LogP contribution in [0.15, 0.2) is 24.3 Å². The first-order valence-electron chi connectivity index (χ1n) is 7.67. The summed E-state index contributed by atoms with van der Waals surface area (Å²) in [4.78, 5) is 37.9. The van der Waals surface area contributed by atoms with Gasteiger partial charge >= 0.3 is 0 Å². The molecule has 1 fully saturated rings. The van der Waals surface area contributed by atoms with E-state index in [1.807, 2.05) is 31.2 Å². The predicted octanol–water partition coefficient (Wildman–Crippen LogP) is 0.762. The summed E-state index contributed by atoms with van der Waals surface area (Å²) in [5.74, 6) is -0.981.